The number of nitro benzene ring substituents is 1. The summed E-state index contributed by atoms with van der Waals surface area (Å²) in [7, 11) is 0. The van der Waals surface area contributed by atoms with Gasteiger partial charge in [0.2, 0.25) is 0 Å². The maximum atomic E-state index is 11.1. The molecule has 19 heavy (non-hydrogen) atoms. The minimum absolute atomic E-state index is 0.0148. The van der Waals surface area contributed by atoms with E-state index in [0.29, 0.717) is 15.7 Å². The Bertz CT molecular complexity index is 513. The van der Waals surface area contributed by atoms with E-state index in [1.54, 1.807) is 23.9 Å². The molecule has 1 aromatic carbocycles. The Morgan fingerprint density at radius 3 is 2.74 bits per heavy atom. The summed E-state index contributed by atoms with van der Waals surface area (Å²) in [5, 5.41) is 23.0. The van der Waals surface area contributed by atoms with Crippen molar-refractivity contribution in [3.8, 4) is 0 Å². The van der Waals surface area contributed by atoms with Gasteiger partial charge in [-0.15, -0.1) is 11.8 Å². The fourth-order valence-corrected chi connectivity index (χ4v) is 3.49. The van der Waals surface area contributed by atoms with Gasteiger partial charge in [-0.25, -0.2) is 0 Å². The van der Waals surface area contributed by atoms with Crippen LogP contribution in [0.3, 0.4) is 0 Å². The van der Waals surface area contributed by atoms with E-state index in [-0.39, 0.29) is 11.5 Å². The number of hydrogen-bond donors (Lipinski definition) is 2. The molecule has 6 nitrogen and oxygen atoms in total. The highest BCUT2D eigenvalue weighted by atomic mass is 32.2. The molecule has 1 aliphatic rings. The SMILES string of the molecule is NC(=NO)c1ccc(SC2CCCC2)c([N+](=O)[O-])c1. The Balaban J connectivity index is 2.29. The van der Waals surface area contributed by atoms with Gasteiger partial charge in [-0.05, 0) is 25.0 Å². The molecular formula is C12H15N3O3S. The lowest BCUT2D eigenvalue weighted by molar-refractivity contribution is -0.387. The van der Waals surface area contributed by atoms with Gasteiger partial charge in [0.25, 0.3) is 5.69 Å². The number of rotatable bonds is 4. The van der Waals surface area contributed by atoms with Crippen molar-refractivity contribution < 1.29 is 10.1 Å². The quantitative estimate of drug-likeness (QED) is 0.290. The van der Waals surface area contributed by atoms with Crippen molar-refractivity contribution in [1.29, 1.82) is 0 Å². The molecule has 0 aliphatic heterocycles. The van der Waals surface area contributed by atoms with E-state index >= 15 is 0 Å². The maximum absolute atomic E-state index is 11.1. The van der Waals surface area contributed by atoms with Crippen molar-refractivity contribution in [2.24, 2.45) is 10.9 Å². The van der Waals surface area contributed by atoms with Gasteiger partial charge in [0, 0.05) is 16.9 Å². The molecule has 1 fully saturated rings. The molecule has 0 spiro atoms. The zero-order valence-corrected chi connectivity index (χ0v) is 11.1. The number of nitro groups is 1. The minimum Gasteiger partial charge on any atom is -0.409 e. The summed E-state index contributed by atoms with van der Waals surface area (Å²) in [6.07, 6.45) is 4.58. The van der Waals surface area contributed by atoms with E-state index in [1.165, 1.54) is 18.9 Å². The predicted molar refractivity (Wildman–Crippen MR) is 73.7 cm³/mol. The van der Waals surface area contributed by atoms with Crippen molar-refractivity contribution in [3.05, 3.63) is 33.9 Å². The zero-order valence-electron chi connectivity index (χ0n) is 10.3. The highest BCUT2D eigenvalue weighted by molar-refractivity contribution is 8.00. The second kappa shape index (κ2) is 5.92. The highest BCUT2D eigenvalue weighted by Crippen LogP contribution is 2.39. The third-order valence-electron chi connectivity index (χ3n) is 3.15. The minimum atomic E-state index is -0.425. The normalized spacial score (nSPS) is 16.7. The summed E-state index contributed by atoms with van der Waals surface area (Å²) >= 11 is 1.55. The molecule has 0 radical (unpaired) electrons. The largest absolute Gasteiger partial charge is 0.409 e. The Morgan fingerprint density at radius 1 is 1.47 bits per heavy atom. The van der Waals surface area contributed by atoms with Crippen molar-refractivity contribution in [1.82, 2.24) is 0 Å². The molecule has 1 aliphatic carbocycles. The number of oxime groups is 1. The fraction of sp³-hybridized carbons (Fsp3) is 0.417. The number of benzene rings is 1. The third-order valence-corrected chi connectivity index (χ3v) is 4.56. The van der Waals surface area contributed by atoms with Gasteiger partial charge in [-0.1, -0.05) is 18.0 Å². The van der Waals surface area contributed by atoms with Gasteiger partial charge in [-0.3, -0.25) is 10.1 Å². The Hall–Kier alpha value is -1.76. The third kappa shape index (κ3) is 3.17. The van der Waals surface area contributed by atoms with E-state index in [2.05, 4.69) is 5.16 Å². The van der Waals surface area contributed by atoms with E-state index in [1.807, 2.05) is 0 Å². The molecule has 0 aromatic heterocycles. The predicted octanol–water partition coefficient (Wildman–Crippen LogP) is 2.72. The summed E-state index contributed by atoms with van der Waals surface area (Å²) in [4.78, 5) is 11.3. The molecule has 1 aromatic rings. The van der Waals surface area contributed by atoms with Crippen LogP contribution in [0.25, 0.3) is 0 Å². The summed E-state index contributed by atoms with van der Waals surface area (Å²) in [6, 6.07) is 4.67. The molecule has 0 amide bonds. The molecule has 0 unspecified atom stereocenters. The fourth-order valence-electron chi connectivity index (χ4n) is 2.16. The van der Waals surface area contributed by atoms with Crippen LogP contribution in [0.5, 0.6) is 0 Å². The smallest absolute Gasteiger partial charge is 0.283 e. The lowest BCUT2D eigenvalue weighted by Crippen LogP contribution is -2.13. The van der Waals surface area contributed by atoms with E-state index in [9.17, 15) is 10.1 Å². The molecule has 0 atom stereocenters. The summed E-state index contributed by atoms with van der Waals surface area (Å²) in [6.45, 7) is 0. The van der Waals surface area contributed by atoms with E-state index in [0.717, 1.165) is 12.8 Å². The van der Waals surface area contributed by atoms with Crippen molar-refractivity contribution >= 4 is 23.3 Å². The molecule has 102 valence electrons. The van der Waals surface area contributed by atoms with Gasteiger partial charge in [-0.2, -0.15) is 0 Å². The Labute approximate surface area is 114 Å². The van der Waals surface area contributed by atoms with Crippen LogP contribution in [-0.2, 0) is 0 Å². The molecule has 1 saturated carbocycles. The summed E-state index contributed by atoms with van der Waals surface area (Å²) < 4.78 is 0. The second-order valence-electron chi connectivity index (χ2n) is 4.45. The molecule has 3 N–H and O–H groups in total. The average Bonchev–Trinajstić information content (AvgIpc) is 2.91. The second-order valence-corrected chi connectivity index (χ2v) is 5.79. The lowest BCUT2D eigenvalue weighted by Gasteiger charge is -2.09. The average molecular weight is 281 g/mol. The van der Waals surface area contributed by atoms with E-state index < -0.39 is 4.92 Å². The van der Waals surface area contributed by atoms with Gasteiger partial charge in [0.15, 0.2) is 5.84 Å². The number of amidine groups is 1. The first-order valence-corrected chi connectivity index (χ1v) is 6.93. The van der Waals surface area contributed by atoms with Gasteiger partial charge < -0.3 is 10.9 Å². The first-order chi connectivity index (χ1) is 9.11. The van der Waals surface area contributed by atoms with Gasteiger partial charge in [0.1, 0.15) is 0 Å². The van der Waals surface area contributed by atoms with Crippen LogP contribution in [-0.4, -0.2) is 21.2 Å². The van der Waals surface area contributed by atoms with Crippen molar-refractivity contribution in [2.45, 2.75) is 35.8 Å². The first kappa shape index (κ1) is 13.7. The summed E-state index contributed by atoms with van der Waals surface area (Å²) in [5.41, 5.74) is 5.81. The van der Waals surface area contributed by atoms with Crippen molar-refractivity contribution in [3.63, 3.8) is 0 Å². The molecule has 7 heteroatoms. The molecule has 0 saturated heterocycles. The standard InChI is InChI=1S/C12H15N3O3S/c13-12(14-16)8-5-6-11(10(7-8)15(17)18)19-9-3-1-2-4-9/h5-7,9,16H,1-4H2,(H2,13,14). The summed E-state index contributed by atoms with van der Waals surface area (Å²) in [5.74, 6) is -0.125. The van der Waals surface area contributed by atoms with Gasteiger partial charge >= 0.3 is 0 Å². The van der Waals surface area contributed by atoms with Crippen LogP contribution in [0, 0.1) is 10.1 Å². The van der Waals surface area contributed by atoms with Crippen LogP contribution in [0.1, 0.15) is 31.2 Å². The topological polar surface area (TPSA) is 102 Å². The zero-order chi connectivity index (χ0) is 13.8. The molecule has 0 heterocycles. The van der Waals surface area contributed by atoms with Crippen molar-refractivity contribution in [2.75, 3.05) is 0 Å². The van der Waals surface area contributed by atoms with Crippen LogP contribution >= 0.6 is 11.8 Å². The number of nitrogens with two attached hydrogens (primary N) is 1. The van der Waals surface area contributed by atoms with Crippen LogP contribution in [0.4, 0.5) is 5.69 Å². The Kier molecular flexibility index (Phi) is 4.26. The Morgan fingerprint density at radius 2 is 2.16 bits per heavy atom. The molecule has 0 bridgehead atoms. The monoisotopic (exact) mass is 281 g/mol. The number of thioether (sulfide) groups is 1. The number of hydrogen-bond acceptors (Lipinski definition) is 5. The van der Waals surface area contributed by atoms with Crippen LogP contribution in [0.15, 0.2) is 28.3 Å². The highest BCUT2D eigenvalue weighted by Gasteiger charge is 2.22. The molecule has 2 rings (SSSR count). The van der Waals surface area contributed by atoms with E-state index in [4.69, 9.17) is 10.9 Å². The first-order valence-electron chi connectivity index (χ1n) is 6.05. The van der Waals surface area contributed by atoms with Crippen LogP contribution in [0.2, 0.25) is 0 Å². The van der Waals surface area contributed by atoms with Gasteiger partial charge in [0.05, 0.1) is 9.82 Å². The number of nitrogens with zero attached hydrogens (tertiary/aromatic N) is 2. The maximum Gasteiger partial charge on any atom is 0.283 e. The lowest BCUT2D eigenvalue weighted by atomic mass is 10.2. The molecular weight excluding hydrogens is 266 g/mol. The van der Waals surface area contributed by atoms with Crippen LogP contribution < -0.4 is 5.73 Å².